The van der Waals surface area contributed by atoms with E-state index in [9.17, 15) is 0 Å². The van der Waals surface area contributed by atoms with Crippen LogP contribution in [0.4, 0.5) is 0 Å². The number of ether oxygens (including phenoxy) is 1. The zero-order valence-corrected chi connectivity index (χ0v) is 7.93. The van der Waals surface area contributed by atoms with Crippen molar-refractivity contribution in [2.45, 2.75) is 6.04 Å². The second-order valence-electron chi connectivity index (χ2n) is 2.90. The summed E-state index contributed by atoms with van der Waals surface area (Å²) in [6.45, 7) is 2.39. The van der Waals surface area contributed by atoms with Crippen LogP contribution in [-0.2, 0) is 4.74 Å². The van der Waals surface area contributed by atoms with Crippen molar-refractivity contribution >= 4 is 11.3 Å². The van der Waals surface area contributed by atoms with Crippen LogP contribution in [-0.4, -0.2) is 19.8 Å². The summed E-state index contributed by atoms with van der Waals surface area (Å²) < 4.78 is 5.34. The first-order valence-electron chi connectivity index (χ1n) is 4.21. The topological polar surface area (TPSA) is 45.0 Å². The lowest BCUT2D eigenvalue weighted by Gasteiger charge is -2.22. The molecular formula is C9H10N2OS. The molecule has 0 bridgehead atoms. The van der Waals surface area contributed by atoms with E-state index in [0.717, 1.165) is 18.0 Å². The normalized spacial score (nSPS) is 22.5. The molecule has 2 heterocycles. The lowest BCUT2D eigenvalue weighted by atomic mass is 10.2. The van der Waals surface area contributed by atoms with Crippen LogP contribution in [0.25, 0.3) is 0 Å². The van der Waals surface area contributed by atoms with E-state index >= 15 is 0 Å². The minimum atomic E-state index is 0.279. The van der Waals surface area contributed by atoms with Crippen LogP contribution in [0, 0.1) is 11.3 Å². The minimum absolute atomic E-state index is 0.279. The summed E-state index contributed by atoms with van der Waals surface area (Å²) in [5, 5.41) is 12.0. The van der Waals surface area contributed by atoms with Gasteiger partial charge in [-0.25, -0.2) is 0 Å². The van der Waals surface area contributed by atoms with Gasteiger partial charge in [0, 0.05) is 11.4 Å². The predicted molar refractivity (Wildman–Crippen MR) is 50.6 cm³/mol. The van der Waals surface area contributed by atoms with Gasteiger partial charge in [0.05, 0.1) is 19.3 Å². The Bertz CT molecular complexity index is 323. The van der Waals surface area contributed by atoms with Crippen molar-refractivity contribution in [3.63, 3.8) is 0 Å². The van der Waals surface area contributed by atoms with Crippen molar-refractivity contribution in [1.29, 1.82) is 5.26 Å². The molecule has 4 heteroatoms. The van der Waals surface area contributed by atoms with Crippen LogP contribution in [0.3, 0.4) is 0 Å². The Hall–Kier alpha value is -0.890. The smallest absolute Gasteiger partial charge is 0.110 e. The van der Waals surface area contributed by atoms with Gasteiger partial charge in [0.15, 0.2) is 0 Å². The monoisotopic (exact) mass is 194 g/mol. The number of nitrogens with zero attached hydrogens (tertiary/aromatic N) is 1. The molecule has 0 spiro atoms. The average Bonchev–Trinajstić information content (AvgIpc) is 2.67. The molecule has 68 valence electrons. The first-order valence-corrected chi connectivity index (χ1v) is 5.03. The molecule has 1 aromatic heterocycles. The fourth-order valence-electron chi connectivity index (χ4n) is 1.35. The maximum Gasteiger partial charge on any atom is 0.110 e. The molecule has 0 amide bonds. The van der Waals surface area contributed by atoms with Crippen LogP contribution in [0.2, 0.25) is 0 Å². The van der Waals surface area contributed by atoms with E-state index in [4.69, 9.17) is 10.00 Å². The number of hydrogen-bond donors (Lipinski definition) is 1. The molecule has 1 aliphatic rings. The summed E-state index contributed by atoms with van der Waals surface area (Å²) in [5.41, 5.74) is 0. The molecule has 0 aliphatic carbocycles. The highest BCUT2D eigenvalue weighted by Gasteiger charge is 2.16. The van der Waals surface area contributed by atoms with E-state index in [1.54, 1.807) is 0 Å². The number of nitriles is 1. The van der Waals surface area contributed by atoms with E-state index in [0.29, 0.717) is 6.61 Å². The third-order valence-electron chi connectivity index (χ3n) is 2.00. The minimum Gasteiger partial charge on any atom is -0.378 e. The number of nitrogens with one attached hydrogen (secondary N) is 1. The SMILES string of the molecule is N#Cc1ccc(C2COCCN2)s1. The average molecular weight is 194 g/mol. The van der Waals surface area contributed by atoms with Gasteiger partial charge in [-0.2, -0.15) is 5.26 Å². The molecule has 3 nitrogen and oxygen atoms in total. The van der Waals surface area contributed by atoms with E-state index < -0.39 is 0 Å². The van der Waals surface area contributed by atoms with Gasteiger partial charge in [-0.15, -0.1) is 11.3 Å². The Kier molecular flexibility index (Phi) is 2.60. The van der Waals surface area contributed by atoms with Gasteiger partial charge in [-0.1, -0.05) is 0 Å². The van der Waals surface area contributed by atoms with Crippen molar-refractivity contribution in [3.8, 4) is 6.07 Å². The van der Waals surface area contributed by atoms with Crippen molar-refractivity contribution in [2.75, 3.05) is 19.8 Å². The van der Waals surface area contributed by atoms with Crippen molar-refractivity contribution < 1.29 is 4.74 Å². The predicted octanol–water partition coefficient (Wildman–Crippen LogP) is 1.28. The summed E-state index contributed by atoms with van der Waals surface area (Å²) in [7, 11) is 0. The fourth-order valence-corrected chi connectivity index (χ4v) is 2.21. The first-order chi connectivity index (χ1) is 6.40. The second kappa shape index (κ2) is 3.88. The molecule has 1 unspecified atom stereocenters. The molecule has 1 aromatic rings. The van der Waals surface area contributed by atoms with Gasteiger partial charge < -0.3 is 10.1 Å². The maximum atomic E-state index is 8.66. The highest BCUT2D eigenvalue weighted by molar-refractivity contribution is 7.12. The molecule has 0 saturated carbocycles. The number of morpholine rings is 1. The third-order valence-corrected chi connectivity index (χ3v) is 3.11. The number of hydrogen-bond acceptors (Lipinski definition) is 4. The molecule has 1 N–H and O–H groups in total. The van der Waals surface area contributed by atoms with Gasteiger partial charge in [-0.3, -0.25) is 0 Å². The van der Waals surface area contributed by atoms with Gasteiger partial charge >= 0.3 is 0 Å². The van der Waals surface area contributed by atoms with Gasteiger partial charge in [0.1, 0.15) is 10.9 Å². The van der Waals surface area contributed by atoms with Crippen molar-refractivity contribution in [2.24, 2.45) is 0 Å². The fraction of sp³-hybridized carbons (Fsp3) is 0.444. The maximum absolute atomic E-state index is 8.66. The molecule has 13 heavy (non-hydrogen) atoms. The molecule has 0 aromatic carbocycles. The summed E-state index contributed by atoms with van der Waals surface area (Å²) in [6, 6.07) is 6.27. The number of rotatable bonds is 1. The zero-order chi connectivity index (χ0) is 9.10. The first kappa shape index (κ1) is 8.70. The van der Waals surface area contributed by atoms with Crippen LogP contribution < -0.4 is 5.32 Å². The van der Waals surface area contributed by atoms with Crippen molar-refractivity contribution in [1.82, 2.24) is 5.32 Å². The lowest BCUT2D eigenvalue weighted by Crippen LogP contribution is -2.33. The summed E-state index contributed by atoms with van der Waals surface area (Å²) in [4.78, 5) is 1.96. The van der Waals surface area contributed by atoms with Crippen molar-refractivity contribution in [3.05, 3.63) is 21.9 Å². The lowest BCUT2D eigenvalue weighted by molar-refractivity contribution is 0.0779. The number of thiophene rings is 1. The third kappa shape index (κ3) is 1.89. The Morgan fingerprint density at radius 3 is 3.15 bits per heavy atom. The molecule has 1 saturated heterocycles. The second-order valence-corrected chi connectivity index (χ2v) is 4.01. The van der Waals surface area contributed by atoms with Crippen LogP contribution in [0.5, 0.6) is 0 Å². The Labute approximate surface area is 80.9 Å². The van der Waals surface area contributed by atoms with Crippen LogP contribution in [0.1, 0.15) is 15.8 Å². The van der Waals surface area contributed by atoms with E-state index in [-0.39, 0.29) is 6.04 Å². The largest absolute Gasteiger partial charge is 0.378 e. The highest BCUT2D eigenvalue weighted by Crippen LogP contribution is 2.23. The summed E-state index contributed by atoms with van der Waals surface area (Å²) in [5.74, 6) is 0. The van der Waals surface area contributed by atoms with E-state index in [1.165, 1.54) is 16.2 Å². The quantitative estimate of drug-likeness (QED) is 0.732. The summed E-state index contributed by atoms with van der Waals surface area (Å²) in [6.07, 6.45) is 0. The Morgan fingerprint density at radius 2 is 2.54 bits per heavy atom. The summed E-state index contributed by atoms with van der Waals surface area (Å²) >= 11 is 1.54. The highest BCUT2D eigenvalue weighted by atomic mass is 32.1. The van der Waals surface area contributed by atoms with E-state index in [2.05, 4.69) is 11.4 Å². The zero-order valence-electron chi connectivity index (χ0n) is 7.12. The Morgan fingerprint density at radius 1 is 1.62 bits per heavy atom. The molecule has 1 aliphatic heterocycles. The van der Waals surface area contributed by atoms with E-state index in [1.807, 2.05) is 12.1 Å². The molecule has 1 atom stereocenters. The standard InChI is InChI=1S/C9H10N2OS/c10-5-7-1-2-9(13-7)8-6-12-4-3-11-8/h1-2,8,11H,3-4,6H2. The Balaban J connectivity index is 2.11. The van der Waals surface area contributed by atoms with Crippen LogP contribution in [0.15, 0.2) is 12.1 Å². The van der Waals surface area contributed by atoms with Crippen LogP contribution >= 0.6 is 11.3 Å². The van der Waals surface area contributed by atoms with Gasteiger partial charge in [-0.05, 0) is 12.1 Å². The molecule has 0 radical (unpaired) electrons. The molecule has 2 rings (SSSR count). The van der Waals surface area contributed by atoms with Gasteiger partial charge in [0.2, 0.25) is 0 Å². The molecule has 1 fully saturated rings. The molecular weight excluding hydrogens is 184 g/mol. The van der Waals surface area contributed by atoms with Gasteiger partial charge in [0.25, 0.3) is 0 Å².